The molecular weight excluding hydrogens is 164 g/mol. The Morgan fingerprint density at radius 3 is 2.17 bits per heavy atom. The van der Waals surface area contributed by atoms with Gasteiger partial charge in [-0.3, -0.25) is 0 Å². The van der Waals surface area contributed by atoms with Crippen LogP contribution in [0, 0.1) is 0 Å². The lowest BCUT2D eigenvalue weighted by atomic mass is 10.2. The van der Waals surface area contributed by atoms with Gasteiger partial charge in [0.05, 0.1) is 0 Å². The lowest BCUT2D eigenvalue weighted by molar-refractivity contribution is 0.193. The fraction of sp³-hybridized carbons (Fsp3) is 1.00. The van der Waals surface area contributed by atoms with E-state index >= 15 is 0 Å². The lowest BCUT2D eigenvalue weighted by Crippen LogP contribution is -2.21. The summed E-state index contributed by atoms with van der Waals surface area (Å²) in [7, 11) is -0.813. The topological polar surface area (TPSA) is 9.23 Å². The highest BCUT2D eigenvalue weighted by molar-refractivity contribution is 6.50. The summed E-state index contributed by atoms with van der Waals surface area (Å²) in [6.07, 6.45) is 5.57. The van der Waals surface area contributed by atoms with E-state index in [1.54, 1.807) is 0 Å². The Morgan fingerprint density at radius 2 is 1.75 bits per heavy atom. The first kappa shape index (κ1) is 12.2. The van der Waals surface area contributed by atoms with E-state index in [9.17, 15) is 0 Å². The van der Waals surface area contributed by atoms with Gasteiger partial charge in [0.25, 0.3) is 0 Å². The first-order valence-corrected chi connectivity index (χ1v) is 7.84. The van der Waals surface area contributed by atoms with Crippen LogP contribution in [0.2, 0.25) is 12.6 Å². The zero-order valence-electron chi connectivity index (χ0n) is 9.10. The molecule has 0 aliphatic carbocycles. The van der Waals surface area contributed by atoms with Crippen LogP contribution in [0.3, 0.4) is 0 Å². The maximum atomic E-state index is 5.99. The second-order valence-electron chi connectivity index (χ2n) is 3.53. The summed E-state index contributed by atoms with van der Waals surface area (Å²) in [5, 5.41) is 0. The van der Waals surface area contributed by atoms with Crippen molar-refractivity contribution in [2.24, 2.45) is 0 Å². The Hall–Kier alpha value is 0.177. The molecule has 1 nitrogen and oxygen atoms in total. The highest BCUT2D eigenvalue weighted by Crippen LogP contribution is 2.09. The molecule has 1 atom stereocenters. The van der Waals surface area contributed by atoms with Crippen LogP contribution in [-0.2, 0) is 4.43 Å². The second-order valence-corrected chi connectivity index (χ2v) is 6.00. The molecule has 0 aromatic rings. The summed E-state index contributed by atoms with van der Waals surface area (Å²) in [5.74, 6) is 0. The van der Waals surface area contributed by atoms with Crippen LogP contribution in [0.15, 0.2) is 0 Å². The number of unbranched alkanes of at least 4 members (excludes halogenated alkanes) is 1. The quantitative estimate of drug-likeness (QED) is 0.557. The van der Waals surface area contributed by atoms with Crippen molar-refractivity contribution >= 4 is 9.04 Å². The average Bonchev–Trinajstić information content (AvgIpc) is 2.10. The minimum Gasteiger partial charge on any atom is -0.417 e. The molecule has 0 spiro atoms. The van der Waals surface area contributed by atoms with Crippen molar-refractivity contribution in [3.8, 4) is 0 Å². The Kier molecular flexibility index (Phi) is 7.92. The molecule has 0 aliphatic heterocycles. The molecule has 0 amide bonds. The van der Waals surface area contributed by atoms with E-state index in [4.69, 9.17) is 4.43 Å². The van der Waals surface area contributed by atoms with Crippen molar-refractivity contribution in [2.75, 3.05) is 0 Å². The van der Waals surface area contributed by atoms with E-state index in [2.05, 4.69) is 27.3 Å². The number of rotatable bonds is 7. The van der Waals surface area contributed by atoms with E-state index in [0.29, 0.717) is 6.10 Å². The Labute approximate surface area is 79.2 Å². The molecule has 0 saturated carbocycles. The standard InChI is InChI=1S/C10H24OSi/c1-5-8-9-12(4)11-10(6-2)7-3/h10,12H,5-9H2,1-4H3. The lowest BCUT2D eigenvalue weighted by Gasteiger charge is -2.19. The van der Waals surface area contributed by atoms with Gasteiger partial charge in [-0.1, -0.05) is 33.6 Å². The summed E-state index contributed by atoms with van der Waals surface area (Å²) in [4.78, 5) is 0. The van der Waals surface area contributed by atoms with Crippen LogP contribution in [-0.4, -0.2) is 15.1 Å². The minimum absolute atomic E-state index is 0.545. The van der Waals surface area contributed by atoms with Gasteiger partial charge in [0.15, 0.2) is 9.04 Å². The summed E-state index contributed by atoms with van der Waals surface area (Å²) in [6.45, 7) is 9.01. The predicted octanol–water partition coefficient (Wildman–Crippen LogP) is 3.35. The molecule has 1 unspecified atom stereocenters. The monoisotopic (exact) mass is 188 g/mol. The van der Waals surface area contributed by atoms with Crippen LogP contribution in [0.4, 0.5) is 0 Å². The van der Waals surface area contributed by atoms with Gasteiger partial charge in [-0.25, -0.2) is 0 Å². The molecule has 0 fully saturated rings. The molecule has 0 rings (SSSR count). The maximum Gasteiger partial charge on any atom is 0.174 e. The van der Waals surface area contributed by atoms with Gasteiger partial charge < -0.3 is 4.43 Å². The third-order valence-electron chi connectivity index (χ3n) is 2.30. The van der Waals surface area contributed by atoms with Gasteiger partial charge >= 0.3 is 0 Å². The van der Waals surface area contributed by atoms with Crippen LogP contribution >= 0.6 is 0 Å². The summed E-state index contributed by atoms with van der Waals surface area (Å²) in [6, 6.07) is 1.35. The number of hydrogen-bond donors (Lipinski definition) is 0. The van der Waals surface area contributed by atoms with E-state index in [0.717, 1.165) is 0 Å². The smallest absolute Gasteiger partial charge is 0.174 e. The fourth-order valence-electron chi connectivity index (χ4n) is 1.37. The zero-order valence-corrected chi connectivity index (χ0v) is 10.3. The molecule has 12 heavy (non-hydrogen) atoms. The first-order valence-electron chi connectivity index (χ1n) is 5.39. The van der Waals surface area contributed by atoms with Crippen LogP contribution in [0.25, 0.3) is 0 Å². The molecule has 74 valence electrons. The van der Waals surface area contributed by atoms with E-state index in [1.165, 1.54) is 31.7 Å². The summed E-state index contributed by atoms with van der Waals surface area (Å²) in [5.41, 5.74) is 0. The third-order valence-corrected chi connectivity index (χ3v) is 4.37. The van der Waals surface area contributed by atoms with Gasteiger partial charge in [0.2, 0.25) is 0 Å². The van der Waals surface area contributed by atoms with Gasteiger partial charge in [-0.15, -0.1) is 0 Å². The van der Waals surface area contributed by atoms with E-state index in [1.807, 2.05) is 0 Å². The molecule has 0 aromatic carbocycles. The first-order chi connectivity index (χ1) is 5.74. The SMILES string of the molecule is CCCC[SiH](C)OC(CC)CC. The fourth-order valence-corrected chi connectivity index (χ4v) is 3.53. The normalized spacial score (nSPS) is 13.8. The maximum absolute atomic E-state index is 5.99. The molecule has 2 heteroatoms. The molecule has 0 aliphatic rings. The largest absolute Gasteiger partial charge is 0.417 e. The Morgan fingerprint density at radius 1 is 1.17 bits per heavy atom. The summed E-state index contributed by atoms with van der Waals surface area (Å²) < 4.78 is 5.99. The number of hydrogen-bond acceptors (Lipinski definition) is 1. The highest BCUT2D eigenvalue weighted by atomic mass is 28.3. The van der Waals surface area contributed by atoms with Crippen molar-refractivity contribution in [3.63, 3.8) is 0 Å². The third kappa shape index (κ3) is 5.78. The molecule has 0 aromatic heterocycles. The predicted molar refractivity (Wildman–Crippen MR) is 58.2 cm³/mol. The van der Waals surface area contributed by atoms with Gasteiger partial charge in [0, 0.05) is 6.10 Å². The molecule has 0 N–H and O–H groups in total. The van der Waals surface area contributed by atoms with Crippen molar-refractivity contribution in [3.05, 3.63) is 0 Å². The van der Waals surface area contributed by atoms with Crippen molar-refractivity contribution in [1.82, 2.24) is 0 Å². The van der Waals surface area contributed by atoms with Crippen LogP contribution < -0.4 is 0 Å². The Balaban J connectivity index is 3.44. The summed E-state index contributed by atoms with van der Waals surface area (Å²) >= 11 is 0. The van der Waals surface area contributed by atoms with Crippen molar-refractivity contribution < 1.29 is 4.43 Å². The molecule has 0 bridgehead atoms. The molecule has 0 radical (unpaired) electrons. The van der Waals surface area contributed by atoms with Gasteiger partial charge in [-0.2, -0.15) is 0 Å². The zero-order chi connectivity index (χ0) is 9.40. The van der Waals surface area contributed by atoms with Gasteiger partial charge in [-0.05, 0) is 25.4 Å². The van der Waals surface area contributed by atoms with Crippen LogP contribution in [0.5, 0.6) is 0 Å². The Bertz CT molecular complexity index is 91.8. The molecule has 0 saturated heterocycles. The highest BCUT2D eigenvalue weighted by Gasteiger charge is 2.09. The van der Waals surface area contributed by atoms with Crippen LogP contribution in [0.1, 0.15) is 46.5 Å². The van der Waals surface area contributed by atoms with E-state index in [-0.39, 0.29) is 0 Å². The average molecular weight is 188 g/mol. The van der Waals surface area contributed by atoms with Crippen molar-refractivity contribution in [2.45, 2.75) is 65.1 Å². The minimum atomic E-state index is -0.813. The molecular formula is C10H24OSi. The van der Waals surface area contributed by atoms with Gasteiger partial charge in [0.1, 0.15) is 0 Å². The van der Waals surface area contributed by atoms with E-state index < -0.39 is 9.04 Å². The second kappa shape index (κ2) is 7.81. The molecule has 0 heterocycles. The van der Waals surface area contributed by atoms with Crippen molar-refractivity contribution in [1.29, 1.82) is 0 Å².